The molecule has 0 aliphatic carbocycles. The quantitative estimate of drug-likeness (QED) is 0.703. The van der Waals surface area contributed by atoms with Gasteiger partial charge in [0.25, 0.3) is 10.0 Å². The highest BCUT2D eigenvalue weighted by Crippen LogP contribution is 2.23. The van der Waals surface area contributed by atoms with E-state index in [2.05, 4.69) is 4.74 Å². The monoisotopic (exact) mass is 391 g/mol. The molecule has 0 bridgehead atoms. The van der Waals surface area contributed by atoms with Crippen molar-refractivity contribution in [3.05, 3.63) is 59.7 Å². The van der Waals surface area contributed by atoms with E-state index < -0.39 is 28.1 Å². The summed E-state index contributed by atoms with van der Waals surface area (Å²) >= 11 is 0. The molecular formula is C19H21NO6S. The number of sulfonamides is 1. The van der Waals surface area contributed by atoms with Gasteiger partial charge in [-0.05, 0) is 50.2 Å². The van der Waals surface area contributed by atoms with Gasteiger partial charge in [0.2, 0.25) is 0 Å². The molecule has 0 fully saturated rings. The molecule has 2 aromatic carbocycles. The van der Waals surface area contributed by atoms with Crippen LogP contribution in [-0.2, 0) is 24.3 Å². The van der Waals surface area contributed by atoms with Gasteiger partial charge in [-0.25, -0.2) is 18.0 Å². The maximum atomic E-state index is 12.7. The summed E-state index contributed by atoms with van der Waals surface area (Å²) < 4.78 is 36.0. The lowest BCUT2D eigenvalue weighted by atomic mass is 10.2. The van der Waals surface area contributed by atoms with E-state index in [9.17, 15) is 18.0 Å². The molecule has 0 heterocycles. The minimum absolute atomic E-state index is 0.172. The van der Waals surface area contributed by atoms with Crippen molar-refractivity contribution >= 4 is 27.6 Å². The summed E-state index contributed by atoms with van der Waals surface area (Å²) in [6.45, 7) is 3.28. The first kappa shape index (κ1) is 20.4. The number of rotatable bonds is 6. The van der Waals surface area contributed by atoms with Gasteiger partial charge in [0, 0.05) is 7.05 Å². The number of carbonyl (C=O) groups excluding carboxylic acids is 2. The average Bonchev–Trinajstić information content (AvgIpc) is 2.67. The predicted molar refractivity (Wildman–Crippen MR) is 100 cm³/mol. The van der Waals surface area contributed by atoms with Crippen LogP contribution in [-0.4, -0.2) is 40.6 Å². The van der Waals surface area contributed by atoms with E-state index in [1.54, 1.807) is 24.3 Å². The SMILES string of the molecule is COC(=O)[C@@H](C)OC(=O)c1ccc(N(C)S(=O)(=O)c2ccc(C)cc2)cc1. The molecule has 0 aromatic heterocycles. The standard InChI is InChI=1S/C19H21NO6S/c1-13-5-11-17(12-6-13)27(23,24)20(3)16-9-7-15(8-10-16)19(22)26-14(2)18(21)25-4/h5-12,14H,1-4H3/t14-/m1/s1. The van der Waals surface area contributed by atoms with Crippen LogP contribution in [0.3, 0.4) is 0 Å². The van der Waals surface area contributed by atoms with Gasteiger partial charge in [-0.3, -0.25) is 4.31 Å². The Hall–Kier alpha value is -2.87. The maximum Gasteiger partial charge on any atom is 0.346 e. The third-order valence-electron chi connectivity index (χ3n) is 3.96. The lowest BCUT2D eigenvalue weighted by Crippen LogP contribution is -2.27. The first-order valence-electron chi connectivity index (χ1n) is 8.11. The second-order valence-electron chi connectivity index (χ2n) is 5.90. The summed E-state index contributed by atoms with van der Waals surface area (Å²) in [5.41, 5.74) is 1.53. The van der Waals surface area contributed by atoms with Gasteiger partial charge >= 0.3 is 11.9 Å². The lowest BCUT2D eigenvalue weighted by Gasteiger charge is -2.20. The van der Waals surface area contributed by atoms with E-state index in [1.165, 1.54) is 45.3 Å². The Kier molecular flexibility index (Phi) is 6.22. The molecule has 2 aromatic rings. The summed E-state index contributed by atoms with van der Waals surface area (Å²) in [6.07, 6.45) is -1.04. The highest BCUT2D eigenvalue weighted by Gasteiger charge is 2.22. The number of benzene rings is 2. The zero-order valence-corrected chi connectivity index (χ0v) is 16.3. The molecule has 0 unspecified atom stereocenters. The molecule has 0 aliphatic heterocycles. The molecule has 0 radical (unpaired) electrons. The number of anilines is 1. The van der Waals surface area contributed by atoms with Gasteiger partial charge < -0.3 is 9.47 Å². The Morgan fingerprint density at radius 2 is 1.56 bits per heavy atom. The molecule has 0 saturated carbocycles. The van der Waals surface area contributed by atoms with Crippen LogP contribution in [0.5, 0.6) is 0 Å². The van der Waals surface area contributed by atoms with Gasteiger partial charge in [0.1, 0.15) is 0 Å². The van der Waals surface area contributed by atoms with Crippen LogP contribution >= 0.6 is 0 Å². The Bertz CT molecular complexity index is 920. The number of carbonyl (C=O) groups is 2. The van der Waals surface area contributed by atoms with Crippen LogP contribution in [0.1, 0.15) is 22.8 Å². The molecule has 27 heavy (non-hydrogen) atoms. The normalized spacial score (nSPS) is 12.1. The van der Waals surface area contributed by atoms with Crippen LogP contribution < -0.4 is 4.31 Å². The smallest absolute Gasteiger partial charge is 0.346 e. The molecule has 8 heteroatoms. The van der Waals surface area contributed by atoms with Gasteiger partial charge in [-0.15, -0.1) is 0 Å². The van der Waals surface area contributed by atoms with Crippen molar-refractivity contribution in [1.29, 1.82) is 0 Å². The summed E-state index contributed by atoms with van der Waals surface area (Å²) in [6, 6.07) is 12.4. The summed E-state index contributed by atoms with van der Waals surface area (Å²) in [4.78, 5) is 23.5. The molecule has 0 amide bonds. The van der Waals surface area contributed by atoms with Gasteiger partial charge in [0.15, 0.2) is 6.10 Å². The fourth-order valence-corrected chi connectivity index (χ4v) is 3.45. The van der Waals surface area contributed by atoms with Crippen molar-refractivity contribution in [2.24, 2.45) is 0 Å². The number of hydrogen-bond donors (Lipinski definition) is 0. The minimum Gasteiger partial charge on any atom is -0.466 e. The second-order valence-corrected chi connectivity index (χ2v) is 7.87. The van der Waals surface area contributed by atoms with Gasteiger partial charge in [-0.1, -0.05) is 17.7 Å². The molecule has 7 nitrogen and oxygen atoms in total. The number of methoxy groups -OCH3 is 1. The van der Waals surface area contributed by atoms with Crippen LogP contribution in [0, 0.1) is 6.92 Å². The van der Waals surface area contributed by atoms with E-state index in [0.717, 1.165) is 9.87 Å². The first-order chi connectivity index (χ1) is 12.7. The number of nitrogens with zero attached hydrogens (tertiary/aromatic N) is 1. The highest BCUT2D eigenvalue weighted by atomic mass is 32.2. The number of esters is 2. The van der Waals surface area contributed by atoms with Crippen molar-refractivity contribution in [2.45, 2.75) is 24.8 Å². The van der Waals surface area contributed by atoms with E-state index >= 15 is 0 Å². The first-order valence-corrected chi connectivity index (χ1v) is 9.55. The summed E-state index contributed by atoms with van der Waals surface area (Å²) in [5, 5.41) is 0. The largest absolute Gasteiger partial charge is 0.466 e. The van der Waals surface area contributed by atoms with Crippen LogP contribution in [0.4, 0.5) is 5.69 Å². The van der Waals surface area contributed by atoms with Crippen molar-refractivity contribution in [2.75, 3.05) is 18.5 Å². The Balaban J connectivity index is 2.17. The highest BCUT2D eigenvalue weighted by molar-refractivity contribution is 7.92. The Morgan fingerprint density at radius 1 is 1.00 bits per heavy atom. The molecular weight excluding hydrogens is 370 g/mol. The van der Waals surface area contributed by atoms with Crippen LogP contribution in [0.15, 0.2) is 53.4 Å². The van der Waals surface area contributed by atoms with E-state index in [1.807, 2.05) is 6.92 Å². The average molecular weight is 391 g/mol. The molecule has 144 valence electrons. The van der Waals surface area contributed by atoms with E-state index in [0.29, 0.717) is 5.69 Å². The van der Waals surface area contributed by atoms with Crippen molar-refractivity contribution < 1.29 is 27.5 Å². The zero-order chi connectivity index (χ0) is 20.2. The Labute approximate surface area is 158 Å². The molecule has 0 saturated heterocycles. The molecule has 2 rings (SSSR count). The maximum absolute atomic E-state index is 12.7. The van der Waals surface area contributed by atoms with Gasteiger partial charge in [-0.2, -0.15) is 0 Å². The third kappa shape index (κ3) is 4.65. The van der Waals surface area contributed by atoms with Gasteiger partial charge in [0.05, 0.1) is 23.3 Å². The number of hydrogen-bond acceptors (Lipinski definition) is 6. The molecule has 0 N–H and O–H groups in total. The third-order valence-corrected chi connectivity index (χ3v) is 5.76. The summed E-state index contributed by atoms with van der Waals surface area (Å²) in [5.74, 6) is -1.37. The number of aryl methyl sites for hydroxylation is 1. The topological polar surface area (TPSA) is 90.0 Å². The second kappa shape index (κ2) is 8.22. The van der Waals surface area contributed by atoms with Crippen molar-refractivity contribution in [3.63, 3.8) is 0 Å². The predicted octanol–water partition coefficient (Wildman–Crippen LogP) is 2.54. The lowest BCUT2D eigenvalue weighted by molar-refractivity contribution is -0.149. The molecule has 0 aliphatic rings. The molecule has 0 spiro atoms. The van der Waals surface area contributed by atoms with Crippen LogP contribution in [0.25, 0.3) is 0 Å². The fourth-order valence-electron chi connectivity index (χ4n) is 2.26. The fraction of sp³-hybridized carbons (Fsp3) is 0.263. The number of ether oxygens (including phenoxy) is 2. The zero-order valence-electron chi connectivity index (χ0n) is 15.5. The van der Waals surface area contributed by atoms with Crippen molar-refractivity contribution in [3.8, 4) is 0 Å². The van der Waals surface area contributed by atoms with Crippen LogP contribution in [0.2, 0.25) is 0 Å². The minimum atomic E-state index is -3.72. The Morgan fingerprint density at radius 3 is 2.07 bits per heavy atom. The van der Waals surface area contributed by atoms with E-state index in [4.69, 9.17) is 4.74 Å². The van der Waals surface area contributed by atoms with E-state index in [-0.39, 0.29) is 10.5 Å². The van der Waals surface area contributed by atoms with Crippen molar-refractivity contribution in [1.82, 2.24) is 0 Å². The molecule has 1 atom stereocenters. The summed E-state index contributed by atoms with van der Waals surface area (Å²) in [7, 11) is -1.09.